The predicted octanol–water partition coefficient (Wildman–Crippen LogP) is 1.51. The minimum Gasteiger partial charge on any atom is -0.329 e. The van der Waals surface area contributed by atoms with E-state index in [1.807, 2.05) is 0 Å². The maximum atomic E-state index is 12.8. The highest BCUT2D eigenvalue weighted by atomic mass is 35.5. The fraction of sp³-hybridized carbons (Fsp3) is 0.333. The average molecular weight is 205 g/mol. The van der Waals surface area contributed by atoms with Crippen molar-refractivity contribution in [1.82, 2.24) is 0 Å². The van der Waals surface area contributed by atoms with Gasteiger partial charge in [0.15, 0.2) is 0 Å². The molecule has 1 rings (SSSR count). The molecule has 0 aliphatic heterocycles. The first-order valence-electron chi connectivity index (χ1n) is 3.87. The first-order valence-corrected chi connectivity index (χ1v) is 3.87. The Hall–Kier alpha value is -0.640. The molecule has 0 bridgehead atoms. The maximum absolute atomic E-state index is 12.8. The number of nitrogens with two attached hydrogens (primary N) is 2. The molecular formula is C9H14ClFN2. The zero-order valence-electron chi connectivity index (χ0n) is 7.46. The second-order valence-corrected chi connectivity index (χ2v) is 2.85. The van der Waals surface area contributed by atoms with Crippen molar-refractivity contribution in [2.45, 2.75) is 13.0 Å². The van der Waals surface area contributed by atoms with Crippen LogP contribution in [0.2, 0.25) is 0 Å². The van der Waals surface area contributed by atoms with E-state index in [4.69, 9.17) is 11.5 Å². The van der Waals surface area contributed by atoms with E-state index in [1.165, 1.54) is 6.07 Å². The standard InChI is InChI=1S/C9H13FN2.ClH/c1-6-4-7(9(12)5-11)2-3-8(6)10;/h2-4,9H,5,11-12H2,1H3;1H/t9-;/m0./s1. The number of aryl methyl sites for hydroxylation is 1. The van der Waals surface area contributed by atoms with Gasteiger partial charge in [-0.15, -0.1) is 12.4 Å². The molecule has 0 aromatic heterocycles. The first-order chi connectivity index (χ1) is 5.65. The van der Waals surface area contributed by atoms with Crippen LogP contribution in [0.25, 0.3) is 0 Å². The minimum absolute atomic E-state index is 0. The predicted molar refractivity (Wildman–Crippen MR) is 54.4 cm³/mol. The average Bonchev–Trinajstić information content (AvgIpc) is 2.08. The summed E-state index contributed by atoms with van der Waals surface area (Å²) in [5.41, 5.74) is 12.5. The first kappa shape index (κ1) is 12.4. The summed E-state index contributed by atoms with van der Waals surface area (Å²) in [6.45, 7) is 2.09. The quantitative estimate of drug-likeness (QED) is 0.768. The lowest BCUT2D eigenvalue weighted by Crippen LogP contribution is -2.20. The third kappa shape index (κ3) is 2.95. The van der Waals surface area contributed by atoms with Crippen molar-refractivity contribution in [3.05, 3.63) is 35.1 Å². The van der Waals surface area contributed by atoms with Gasteiger partial charge in [-0.2, -0.15) is 0 Å². The van der Waals surface area contributed by atoms with Crippen molar-refractivity contribution in [3.63, 3.8) is 0 Å². The molecule has 1 aromatic rings. The smallest absolute Gasteiger partial charge is 0.126 e. The number of rotatable bonds is 2. The van der Waals surface area contributed by atoms with Crippen molar-refractivity contribution < 1.29 is 4.39 Å². The summed E-state index contributed by atoms with van der Waals surface area (Å²) in [7, 11) is 0. The van der Waals surface area contributed by atoms with E-state index in [9.17, 15) is 4.39 Å². The molecule has 0 saturated heterocycles. The van der Waals surface area contributed by atoms with E-state index in [2.05, 4.69) is 0 Å². The van der Waals surface area contributed by atoms with Crippen molar-refractivity contribution in [2.75, 3.05) is 6.54 Å². The van der Waals surface area contributed by atoms with Gasteiger partial charge in [-0.1, -0.05) is 12.1 Å². The molecule has 0 fully saturated rings. The van der Waals surface area contributed by atoms with Crippen LogP contribution in [0.15, 0.2) is 18.2 Å². The number of hydrogen-bond acceptors (Lipinski definition) is 2. The Morgan fingerprint density at radius 2 is 2.08 bits per heavy atom. The molecule has 0 heterocycles. The Morgan fingerprint density at radius 1 is 1.46 bits per heavy atom. The largest absolute Gasteiger partial charge is 0.329 e. The summed E-state index contributed by atoms with van der Waals surface area (Å²) in [5.74, 6) is -0.206. The number of hydrogen-bond donors (Lipinski definition) is 2. The molecule has 0 aliphatic rings. The highest BCUT2D eigenvalue weighted by molar-refractivity contribution is 5.85. The maximum Gasteiger partial charge on any atom is 0.126 e. The fourth-order valence-corrected chi connectivity index (χ4v) is 1.03. The lowest BCUT2D eigenvalue weighted by atomic mass is 10.1. The molecule has 0 amide bonds. The SMILES string of the molecule is Cc1cc([C@@H](N)CN)ccc1F.Cl. The van der Waals surface area contributed by atoms with Crippen molar-refractivity contribution in [3.8, 4) is 0 Å². The summed E-state index contributed by atoms with van der Waals surface area (Å²) in [4.78, 5) is 0. The van der Waals surface area contributed by atoms with Crippen molar-refractivity contribution >= 4 is 12.4 Å². The van der Waals surface area contributed by atoms with Gasteiger partial charge in [0.1, 0.15) is 5.82 Å². The molecule has 74 valence electrons. The van der Waals surface area contributed by atoms with Crippen LogP contribution in [0, 0.1) is 12.7 Å². The summed E-state index contributed by atoms with van der Waals surface area (Å²) in [6, 6.07) is 4.62. The Morgan fingerprint density at radius 3 is 2.54 bits per heavy atom. The second-order valence-electron chi connectivity index (χ2n) is 2.85. The Balaban J connectivity index is 0.00000144. The normalized spacial score (nSPS) is 12.0. The van der Waals surface area contributed by atoms with Gasteiger partial charge < -0.3 is 11.5 Å². The molecule has 2 nitrogen and oxygen atoms in total. The highest BCUT2D eigenvalue weighted by Gasteiger charge is 2.04. The molecule has 0 spiro atoms. The molecule has 4 heteroatoms. The van der Waals surface area contributed by atoms with E-state index in [-0.39, 0.29) is 24.3 Å². The Bertz CT molecular complexity index is 278. The van der Waals surface area contributed by atoms with Gasteiger partial charge in [-0.05, 0) is 24.1 Å². The summed E-state index contributed by atoms with van der Waals surface area (Å²) in [5, 5.41) is 0. The highest BCUT2D eigenvalue weighted by Crippen LogP contribution is 2.13. The van der Waals surface area contributed by atoms with E-state index in [0.29, 0.717) is 12.1 Å². The van der Waals surface area contributed by atoms with Gasteiger partial charge >= 0.3 is 0 Å². The van der Waals surface area contributed by atoms with Crippen molar-refractivity contribution in [1.29, 1.82) is 0 Å². The van der Waals surface area contributed by atoms with Crippen LogP contribution in [0.1, 0.15) is 17.2 Å². The van der Waals surface area contributed by atoms with Crippen LogP contribution in [-0.4, -0.2) is 6.54 Å². The van der Waals surface area contributed by atoms with Crippen LogP contribution in [0.3, 0.4) is 0 Å². The van der Waals surface area contributed by atoms with Gasteiger partial charge in [0.05, 0.1) is 0 Å². The fourth-order valence-electron chi connectivity index (χ4n) is 1.03. The molecule has 1 aromatic carbocycles. The minimum atomic E-state index is -0.206. The van der Waals surface area contributed by atoms with Crippen LogP contribution in [0.4, 0.5) is 4.39 Å². The molecular weight excluding hydrogens is 191 g/mol. The molecule has 0 unspecified atom stereocenters. The summed E-state index contributed by atoms with van der Waals surface area (Å²) >= 11 is 0. The lowest BCUT2D eigenvalue weighted by molar-refractivity contribution is 0.615. The van der Waals surface area contributed by atoms with Gasteiger partial charge in [0.25, 0.3) is 0 Å². The van der Waals surface area contributed by atoms with Gasteiger partial charge in [-0.25, -0.2) is 4.39 Å². The molecule has 13 heavy (non-hydrogen) atoms. The summed E-state index contributed by atoms with van der Waals surface area (Å²) in [6.07, 6.45) is 0. The Labute approximate surface area is 83.5 Å². The van der Waals surface area contributed by atoms with Gasteiger partial charge in [0.2, 0.25) is 0 Å². The Kier molecular flexibility index (Phi) is 4.91. The third-order valence-corrected chi connectivity index (χ3v) is 1.86. The monoisotopic (exact) mass is 204 g/mol. The topological polar surface area (TPSA) is 52.0 Å². The van der Waals surface area contributed by atoms with Crippen LogP contribution in [0.5, 0.6) is 0 Å². The molecule has 0 aliphatic carbocycles. The zero-order valence-corrected chi connectivity index (χ0v) is 8.27. The molecule has 4 N–H and O–H groups in total. The van der Waals surface area contributed by atoms with E-state index >= 15 is 0 Å². The molecule has 0 saturated carbocycles. The van der Waals surface area contributed by atoms with Crippen LogP contribution in [-0.2, 0) is 0 Å². The van der Waals surface area contributed by atoms with E-state index in [0.717, 1.165) is 5.56 Å². The van der Waals surface area contributed by atoms with E-state index < -0.39 is 0 Å². The lowest BCUT2D eigenvalue weighted by Gasteiger charge is -2.09. The molecule has 0 radical (unpaired) electrons. The second kappa shape index (κ2) is 5.17. The van der Waals surface area contributed by atoms with Gasteiger partial charge in [0, 0.05) is 12.6 Å². The van der Waals surface area contributed by atoms with Gasteiger partial charge in [-0.3, -0.25) is 0 Å². The van der Waals surface area contributed by atoms with E-state index in [1.54, 1.807) is 19.1 Å². The number of halogens is 2. The van der Waals surface area contributed by atoms with Crippen molar-refractivity contribution in [2.24, 2.45) is 11.5 Å². The number of benzene rings is 1. The molecule has 1 atom stereocenters. The zero-order chi connectivity index (χ0) is 9.14. The summed E-state index contributed by atoms with van der Waals surface area (Å²) < 4.78 is 12.8. The third-order valence-electron chi connectivity index (χ3n) is 1.86. The van der Waals surface area contributed by atoms with Crippen LogP contribution < -0.4 is 11.5 Å². The van der Waals surface area contributed by atoms with Crippen LogP contribution >= 0.6 is 12.4 Å².